The normalized spacial score (nSPS) is 15.1. The maximum Gasteiger partial charge on any atom is 0.221 e. The molecular formula is C21H29N5O2S. The average molecular weight is 416 g/mol. The van der Waals surface area contributed by atoms with Crippen LogP contribution in [0.1, 0.15) is 19.8 Å². The van der Waals surface area contributed by atoms with Gasteiger partial charge in [0.15, 0.2) is 5.96 Å². The number of carbonyl (C=O) groups excluding carboxylic acids is 1. The van der Waals surface area contributed by atoms with Crippen LogP contribution < -0.4 is 25.6 Å². The van der Waals surface area contributed by atoms with E-state index < -0.39 is 0 Å². The van der Waals surface area contributed by atoms with Gasteiger partial charge in [-0.2, -0.15) is 0 Å². The van der Waals surface area contributed by atoms with E-state index in [0.717, 1.165) is 43.3 Å². The second-order valence-corrected chi connectivity index (χ2v) is 7.84. The minimum Gasteiger partial charge on any atom is -0.492 e. The number of thiophene rings is 1. The van der Waals surface area contributed by atoms with E-state index in [-0.39, 0.29) is 5.91 Å². The van der Waals surface area contributed by atoms with Crippen LogP contribution in [0.4, 0.5) is 10.7 Å². The van der Waals surface area contributed by atoms with Gasteiger partial charge in [-0.25, -0.2) is 0 Å². The van der Waals surface area contributed by atoms with Gasteiger partial charge in [0.05, 0.1) is 11.5 Å². The maximum absolute atomic E-state index is 11.1. The third kappa shape index (κ3) is 6.67. The molecule has 0 bridgehead atoms. The SMILES string of the molecule is CN=C(NCCOc1cccc(NC(C)=O)c1)NC1CCN(c2cccs2)CC1. The molecule has 0 aliphatic carbocycles. The van der Waals surface area contributed by atoms with Crippen LogP contribution in [0.2, 0.25) is 0 Å². The van der Waals surface area contributed by atoms with Crippen molar-refractivity contribution < 1.29 is 9.53 Å². The molecule has 29 heavy (non-hydrogen) atoms. The Labute approximate surface area is 176 Å². The summed E-state index contributed by atoms with van der Waals surface area (Å²) in [5, 5.41) is 13.1. The van der Waals surface area contributed by atoms with E-state index in [2.05, 4.69) is 43.4 Å². The largest absolute Gasteiger partial charge is 0.492 e. The van der Waals surface area contributed by atoms with E-state index in [1.807, 2.05) is 24.3 Å². The van der Waals surface area contributed by atoms with Gasteiger partial charge in [-0.15, -0.1) is 11.3 Å². The predicted octanol–water partition coefficient (Wildman–Crippen LogP) is 2.92. The third-order valence-electron chi connectivity index (χ3n) is 4.69. The van der Waals surface area contributed by atoms with Crippen molar-refractivity contribution in [1.29, 1.82) is 0 Å². The summed E-state index contributed by atoms with van der Waals surface area (Å²) in [5.41, 5.74) is 0.731. The lowest BCUT2D eigenvalue weighted by Crippen LogP contribution is -2.49. The lowest BCUT2D eigenvalue weighted by atomic mass is 10.1. The molecule has 8 heteroatoms. The van der Waals surface area contributed by atoms with Crippen LogP contribution in [0.25, 0.3) is 0 Å². The summed E-state index contributed by atoms with van der Waals surface area (Å²) in [6.45, 7) is 4.74. The van der Waals surface area contributed by atoms with Crippen LogP contribution >= 0.6 is 11.3 Å². The first kappa shape index (κ1) is 21.0. The zero-order chi connectivity index (χ0) is 20.5. The summed E-state index contributed by atoms with van der Waals surface area (Å²) in [4.78, 5) is 17.9. The summed E-state index contributed by atoms with van der Waals surface area (Å²) >= 11 is 1.80. The maximum atomic E-state index is 11.1. The standard InChI is InChI=1S/C21H29N5O2S/c1-16(27)24-18-5-3-6-19(15-18)28-13-10-23-21(22-2)25-17-8-11-26(12-9-17)20-7-4-14-29-20/h3-7,14-15,17H,8-13H2,1-2H3,(H,24,27)(H2,22,23,25). The van der Waals surface area contributed by atoms with E-state index >= 15 is 0 Å². The molecule has 1 aliphatic rings. The van der Waals surface area contributed by atoms with Crippen LogP contribution in [0, 0.1) is 0 Å². The number of carbonyl (C=O) groups is 1. The van der Waals surface area contributed by atoms with Gasteiger partial charge in [0.2, 0.25) is 5.91 Å². The second-order valence-electron chi connectivity index (χ2n) is 6.91. The monoisotopic (exact) mass is 415 g/mol. The fraction of sp³-hybridized carbons (Fsp3) is 0.429. The van der Waals surface area contributed by atoms with Gasteiger partial charge < -0.3 is 25.6 Å². The fourth-order valence-electron chi connectivity index (χ4n) is 3.29. The highest BCUT2D eigenvalue weighted by Gasteiger charge is 2.20. The number of piperidine rings is 1. The Kier molecular flexibility index (Phi) is 7.75. The highest BCUT2D eigenvalue weighted by atomic mass is 32.1. The van der Waals surface area contributed by atoms with E-state index in [4.69, 9.17) is 4.74 Å². The molecule has 7 nitrogen and oxygen atoms in total. The molecule has 0 spiro atoms. The Balaban J connectivity index is 1.36. The Morgan fingerprint density at radius 2 is 2.10 bits per heavy atom. The third-order valence-corrected chi connectivity index (χ3v) is 5.62. The molecule has 1 aliphatic heterocycles. The van der Waals surface area contributed by atoms with Gasteiger partial charge in [-0.05, 0) is 42.5 Å². The second kappa shape index (κ2) is 10.7. The van der Waals surface area contributed by atoms with Crippen molar-refractivity contribution in [3.05, 3.63) is 41.8 Å². The van der Waals surface area contributed by atoms with Crippen molar-refractivity contribution in [2.24, 2.45) is 4.99 Å². The summed E-state index contributed by atoms with van der Waals surface area (Å²) in [6.07, 6.45) is 2.18. The molecule has 1 saturated heterocycles. The van der Waals surface area contributed by atoms with Crippen LogP contribution in [-0.4, -0.2) is 51.2 Å². The molecule has 1 amide bonds. The quantitative estimate of drug-likeness (QED) is 0.368. The summed E-state index contributed by atoms with van der Waals surface area (Å²) in [7, 11) is 1.79. The van der Waals surface area contributed by atoms with Crippen molar-refractivity contribution in [1.82, 2.24) is 10.6 Å². The van der Waals surface area contributed by atoms with Gasteiger partial charge in [-0.1, -0.05) is 6.07 Å². The fourth-order valence-corrected chi connectivity index (χ4v) is 4.07. The molecule has 0 radical (unpaired) electrons. The Hall–Kier alpha value is -2.74. The molecule has 2 heterocycles. The van der Waals surface area contributed by atoms with Crippen LogP contribution in [0.3, 0.4) is 0 Å². The highest BCUT2D eigenvalue weighted by Crippen LogP contribution is 2.24. The number of aliphatic imine (C=N–C) groups is 1. The molecule has 0 saturated carbocycles. The minimum atomic E-state index is -0.0973. The average Bonchev–Trinajstić information content (AvgIpc) is 3.25. The Morgan fingerprint density at radius 3 is 2.79 bits per heavy atom. The first-order valence-electron chi connectivity index (χ1n) is 9.90. The minimum absolute atomic E-state index is 0.0973. The summed E-state index contributed by atoms with van der Waals surface area (Å²) < 4.78 is 5.77. The molecule has 0 atom stereocenters. The summed E-state index contributed by atoms with van der Waals surface area (Å²) in [5.74, 6) is 1.43. The first-order chi connectivity index (χ1) is 14.1. The van der Waals surface area contributed by atoms with Crippen molar-refractivity contribution in [3.63, 3.8) is 0 Å². The molecule has 3 rings (SSSR count). The number of anilines is 2. The smallest absolute Gasteiger partial charge is 0.221 e. The number of amides is 1. The van der Waals surface area contributed by atoms with Gasteiger partial charge in [0, 0.05) is 44.9 Å². The lowest BCUT2D eigenvalue weighted by molar-refractivity contribution is -0.114. The van der Waals surface area contributed by atoms with Gasteiger partial charge >= 0.3 is 0 Å². The molecular weight excluding hydrogens is 386 g/mol. The van der Waals surface area contributed by atoms with Gasteiger partial charge in [0.25, 0.3) is 0 Å². The Bertz CT molecular complexity index is 801. The predicted molar refractivity (Wildman–Crippen MR) is 120 cm³/mol. The molecule has 1 aromatic carbocycles. The van der Waals surface area contributed by atoms with Crippen molar-refractivity contribution in [2.75, 3.05) is 43.5 Å². The zero-order valence-electron chi connectivity index (χ0n) is 17.0. The van der Waals surface area contributed by atoms with E-state index in [9.17, 15) is 4.79 Å². The molecule has 1 aromatic heterocycles. The van der Waals surface area contributed by atoms with E-state index in [1.54, 1.807) is 18.4 Å². The molecule has 156 valence electrons. The molecule has 1 fully saturated rings. The number of ether oxygens (including phenoxy) is 1. The molecule has 2 aromatic rings. The zero-order valence-corrected chi connectivity index (χ0v) is 17.8. The molecule has 0 unspecified atom stereocenters. The number of nitrogens with one attached hydrogen (secondary N) is 3. The van der Waals surface area contributed by atoms with Crippen LogP contribution in [0.15, 0.2) is 46.8 Å². The number of hydrogen-bond donors (Lipinski definition) is 3. The number of rotatable bonds is 7. The number of benzene rings is 1. The lowest BCUT2D eigenvalue weighted by Gasteiger charge is -2.33. The first-order valence-corrected chi connectivity index (χ1v) is 10.8. The number of guanidine groups is 1. The number of hydrogen-bond acceptors (Lipinski definition) is 5. The van der Waals surface area contributed by atoms with E-state index in [1.165, 1.54) is 11.9 Å². The van der Waals surface area contributed by atoms with Crippen molar-refractivity contribution in [3.8, 4) is 5.75 Å². The van der Waals surface area contributed by atoms with Crippen LogP contribution in [-0.2, 0) is 4.79 Å². The summed E-state index contributed by atoms with van der Waals surface area (Å²) in [6, 6.07) is 12.1. The molecule has 3 N–H and O–H groups in total. The van der Waals surface area contributed by atoms with E-state index in [0.29, 0.717) is 19.2 Å². The number of nitrogens with zero attached hydrogens (tertiary/aromatic N) is 2. The van der Waals surface area contributed by atoms with Gasteiger partial charge in [0.1, 0.15) is 12.4 Å². The van der Waals surface area contributed by atoms with Crippen molar-refractivity contribution >= 4 is 33.9 Å². The van der Waals surface area contributed by atoms with Crippen LogP contribution in [0.5, 0.6) is 5.75 Å². The Morgan fingerprint density at radius 1 is 1.28 bits per heavy atom. The highest BCUT2D eigenvalue weighted by molar-refractivity contribution is 7.14. The topological polar surface area (TPSA) is 78.0 Å². The van der Waals surface area contributed by atoms with Crippen molar-refractivity contribution in [2.45, 2.75) is 25.8 Å². The van der Waals surface area contributed by atoms with Gasteiger partial charge in [-0.3, -0.25) is 9.79 Å².